The number of rotatable bonds is 6. The highest BCUT2D eigenvalue weighted by Crippen LogP contribution is 2.31. The Morgan fingerprint density at radius 1 is 1.43 bits per heavy atom. The van der Waals surface area contributed by atoms with Crippen molar-refractivity contribution in [3.63, 3.8) is 0 Å². The maximum Gasteiger partial charge on any atom is 0.308 e. The molecule has 2 N–H and O–H groups in total. The van der Waals surface area contributed by atoms with Crippen LogP contribution in [-0.4, -0.2) is 41.0 Å². The molecule has 2 atom stereocenters. The molecule has 2 unspecified atom stereocenters. The average Bonchev–Trinajstić information content (AvgIpc) is 2.89. The molecule has 0 aliphatic carbocycles. The number of aliphatic hydroxyl groups excluding tert-OH is 2. The van der Waals surface area contributed by atoms with E-state index >= 15 is 0 Å². The lowest BCUT2D eigenvalue weighted by Gasteiger charge is -2.14. The van der Waals surface area contributed by atoms with E-state index in [9.17, 15) is 15.0 Å². The van der Waals surface area contributed by atoms with Crippen LogP contribution < -0.4 is 4.74 Å². The lowest BCUT2D eigenvalue weighted by Crippen LogP contribution is -2.23. The molecule has 0 amide bonds. The molecule has 21 heavy (non-hydrogen) atoms. The Labute approximate surface area is 126 Å². The molecule has 2 aromatic rings. The van der Waals surface area contributed by atoms with E-state index in [0.717, 1.165) is 4.70 Å². The van der Waals surface area contributed by atoms with Crippen LogP contribution in [0.5, 0.6) is 5.75 Å². The summed E-state index contributed by atoms with van der Waals surface area (Å²) in [6.45, 7) is 1.92. The second-order valence-corrected chi connectivity index (χ2v) is 5.47. The quantitative estimate of drug-likeness (QED) is 0.789. The van der Waals surface area contributed by atoms with Gasteiger partial charge in [0.1, 0.15) is 16.9 Å². The number of thiazole rings is 1. The summed E-state index contributed by atoms with van der Waals surface area (Å²) in [5.74, 6) is 0.145. The van der Waals surface area contributed by atoms with Crippen molar-refractivity contribution >= 4 is 27.5 Å². The van der Waals surface area contributed by atoms with Gasteiger partial charge in [-0.3, -0.25) is 4.79 Å². The summed E-state index contributed by atoms with van der Waals surface area (Å²) in [5, 5.41) is 20.3. The molecule has 0 radical (unpaired) electrons. The number of methoxy groups -OCH3 is 1. The molecule has 0 fully saturated rings. The number of carbonyl (C=O) groups excluding carboxylic acids is 1. The van der Waals surface area contributed by atoms with Gasteiger partial charge in [0.15, 0.2) is 0 Å². The number of fused-ring (bicyclic) bond motifs is 1. The maximum absolute atomic E-state index is 11.3. The molecule has 6 nitrogen and oxygen atoms in total. The fourth-order valence-corrected chi connectivity index (χ4v) is 2.88. The highest BCUT2D eigenvalue weighted by Gasteiger charge is 2.25. The third-order valence-corrected chi connectivity index (χ3v) is 4.00. The number of carbonyl (C=O) groups is 1. The van der Waals surface area contributed by atoms with Crippen molar-refractivity contribution in [3.8, 4) is 5.75 Å². The smallest absolute Gasteiger partial charge is 0.308 e. The number of aliphatic hydroxyl groups is 2. The van der Waals surface area contributed by atoms with E-state index in [1.54, 1.807) is 32.2 Å². The number of nitrogens with zero attached hydrogens (tertiary/aromatic N) is 1. The highest BCUT2D eigenvalue weighted by atomic mass is 32.1. The van der Waals surface area contributed by atoms with Gasteiger partial charge in [0.25, 0.3) is 0 Å². The van der Waals surface area contributed by atoms with Crippen LogP contribution in [0.3, 0.4) is 0 Å². The number of aromatic nitrogens is 1. The van der Waals surface area contributed by atoms with Crippen molar-refractivity contribution < 1.29 is 24.5 Å². The summed E-state index contributed by atoms with van der Waals surface area (Å²) in [6.07, 6.45) is -2.74. The Bertz CT molecular complexity index is 627. The van der Waals surface area contributed by atoms with Gasteiger partial charge in [-0.2, -0.15) is 0 Å². The number of hydrogen-bond acceptors (Lipinski definition) is 7. The largest absolute Gasteiger partial charge is 0.497 e. The molecule has 1 heterocycles. The fraction of sp³-hybridized carbons (Fsp3) is 0.429. The second-order valence-electron chi connectivity index (χ2n) is 4.41. The van der Waals surface area contributed by atoms with Crippen molar-refractivity contribution in [1.82, 2.24) is 4.98 Å². The van der Waals surface area contributed by atoms with Crippen LogP contribution >= 0.6 is 11.3 Å². The summed E-state index contributed by atoms with van der Waals surface area (Å²) in [4.78, 5) is 15.6. The predicted octanol–water partition coefficient (Wildman–Crippen LogP) is 1.65. The first kappa shape index (κ1) is 15.7. The van der Waals surface area contributed by atoms with Gasteiger partial charge in [-0.1, -0.05) is 0 Å². The van der Waals surface area contributed by atoms with E-state index < -0.39 is 18.2 Å². The van der Waals surface area contributed by atoms with Crippen molar-refractivity contribution in [2.45, 2.75) is 25.6 Å². The SMILES string of the molecule is CCOC(=O)CC(O)C(O)c1nc2ccc(OC)cc2s1. The number of benzene rings is 1. The minimum absolute atomic E-state index is 0.239. The molecule has 0 spiro atoms. The number of hydrogen-bond donors (Lipinski definition) is 2. The molecular formula is C14H17NO5S. The Hall–Kier alpha value is -1.70. The first-order valence-electron chi connectivity index (χ1n) is 6.51. The Kier molecular flexibility index (Phi) is 5.11. The van der Waals surface area contributed by atoms with Gasteiger partial charge in [-0.15, -0.1) is 11.3 Å². The Balaban J connectivity index is 2.14. The monoisotopic (exact) mass is 311 g/mol. The van der Waals surface area contributed by atoms with Crippen LogP contribution in [0.25, 0.3) is 10.2 Å². The number of esters is 1. The van der Waals surface area contributed by atoms with Gasteiger partial charge in [0.2, 0.25) is 0 Å². The van der Waals surface area contributed by atoms with E-state index in [2.05, 4.69) is 4.98 Å². The summed E-state index contributed by atoms with van der Waals surface area (Å²) in [5.41, 5.74) is 0.707. The minimum Gasteiger partial charge on any atom is -0.497 e. The molecule has 2 rings (SSSR count). The average molecular weight is 311 g/mol. The molecule has 0 saturated heterocycles. The van der Waals surface area contributed by atoms with Gasteiger partial charge in [0.05, 0.1) is 36.5 Å². The van der Waals surface area contributed by atoms with Gasteiger partial charge in [-0.05, 0) is 25.1 Å². The maximum atomic E-state index is 11.3. The van der Waals surface area contributed by atoms with Crippen LogP contribution in [0, 0.1) is 0 Å². The van der Waals surface area contributed by atoms with Crippen molar-refractivity contribution in [2.24, 2.45) is 0 Å². The van der Waals surface area contributed by atoms with E-state index in [1.165, 1.54) is 11.3 Å². The van der Waals surface area contributed by atoms with Gasteiger partial charge < -0.3 is 19.7 Å². The van der Waals surface area contributed by atoms with Crippen LogP contribution in [0.1, 0.15) is 24.5 Å². The highest BCUT2D eigenvalue weighted by molar-refractivity contribution is 7.18. The molecule has 1 aromatic heterocycles. The molecule has 114 valence electrons. The van der Waals surface area contributed by atoms with Gasteiger partial charge >= 0.3 is 5.97 Å². The normalized spacial score (nSPS) is 13.9. The van der Waals surface area contributed by atoms with Crippen LogP contribution in [0.2, 0.25) is 0 Å². The molecule has 1 aromatic carbocycles. The summed E-state index contributed by atoms with van der Waals surface area (Å²) in [6, 6.07) is 5.35. The lowest BCUT2D eigenvalue weighted by atomic mass is 10.1. The summed E-state index contributed by atoms with van der Waals surface area (Å²) < 4.78 is 10.7. The standard InChI is InChI=1S/C14H17NO5S/c1-3-20-12(17)7-10(16)13(18)14-15-9-5-4-8(19-2)6-11(9)21-14/h4-6,10,13,16,18H,3,7H2,1-2H3. The van der Waals surface area contributed by atoms with Crippen LogP contribution in [0.15, 0.2) is 18.2 Å². The van der Waals surface area contributed by atoms with E-state index in [1.807, 2.05) is 0 Å². The molecule has 0 aliphatic heterocycles. The van der Waals surface area contributed by atoms with Crippen LogP contribution in [0.4, 0.5) is 0 Å². The fourth-order valence-electron chi connectivity index (χ4n) is 1.84. The van der Waals surface area contributed by atoms with Gasteiger partial charge in [-0.25, -0.2) is 4.98 Å². The summed E-state index contributed by atoms with van der Waals surface area (Å²) in [7, 11) is 1.57. The minimum atomic E-state index is -1.24. The van der Waals surface area contributed by atoms with E-state index in [4.69, 9.17) is 9.47 Å². The van der Waals surface area contributed by atoms with Crippen molar-refractivity contribution in [3.05, 3.63) is 23.2 Å². The molecule has 0 aliphatic rings. The van der Waals surface area contributed by atoms with Crippen LogP contribution in [-0.2, 0) is 9.53 Å². The first-order valence-corrected chi connectivity index (χ1v) is 7.33. The molecule has 0 bridgehead atoms. The second kappa shape index (κ2) is 6.84. The Morgan fingerprint density at radius 2 is 2.19 bits per heavy atom. The molecular weight excluding hydrogens is 294 g/mol. The third-order valence-electron chi connectivity index (χ3n) is 2.91. The zero-order valence-electron chi connectivity index (χ0n) is 11.8. The number of ether oxygens (including phenoxy) is 2. The van der Waals surface area contributed by atoms with Crippen molar-refractivity contribution in [1.29, 1.82) is 0 Å². The van der Waals surface area contributed by atoms with E-state index in [-0.39, 0.29) is 13.0 Å². The predicted molar refractivity (Wildman–Crippen MR) is 78.4 cm³/mol. The molecule has 0 saturated carbocycles. The zero-order valence-corrected chi connectivity index (χ0v) is 12.6. The third kappa shape index (κ3) is 3.69. The molecule has 7 heteroatoms. The topological polar surface area (TPSA) is 88.9 Å². The lowest BCUT2D eigenvalue weighted by molar-refractivity contribution is -0.147. The van der Waals surface area contributed by atoms with Gasteiger partial charge in [0, 0.05) is 0 Å². The zero-order chi connectivity index (χ0) is 15.4. The van der Waals surface area contributed by atoms with E-state index in [0.29, 0.717) is 16.3 Å². The van der Waals surface area contributed by atoms with Crippen molar-refractivity contribution in [2.75, 3.05) is 13.7 Å². The Morgan fingerprint density at radius 3 is 2.86 bits per heavy atom. The summed E-state index contributed by atoms with van der Waals surface area (Å²) >= 11 is 1.25. The first-order chi connectivity index (χ1) is 10.0.